The average Bonchev–Trinajstić information content (AvgIpc) is 2.67. The van der Waals surface area contributed by atoms with E-state index in [2.05, 4.69) is 22.8 Å². The van der Waals surface area contributed by atoms with Crippen LogP contribution in [0.1, 0.15) is 42.5 Å². The van der Waals surface area contributed by atoms with Crippen molar-refractivity contribution in [3.63, 3.8) is 0 Å². The number of benzene rings is 2. The molecular formula is C21H24N2O3. The number of ether oxygens (including phenoxy) is 1. The monoisotopic (exact) mass is 352 g/mol. The second-order valence-electron chi connectivity index (χ2n) is 6.58. The van der Waals surface area contributed by atoms with Crippen molar-refractivity contribution in [2.24, 2.45) is 0 Å². The maximum absolute atomic E-state index is 12.4. The van der Waals surface area contributed by atoms with Gasteiger partial charge in [0, 0.05) is 0 Å². The highest BCUT2D eigenvalue weighted by Gasteiger charge is 2.24. The van der Waals surface area contributed by atoms with Gasteiger partial charge in [-0.3, -0.25) is 4.79 Å². The summed E-state index contributed by atoms with van der Waals surface area (Å²) >= 11 is 0. The van der Waals surface area contributed by atoms with Gasteiger partial charge in [-0.25, -0.2) is 4.79 Å². The molecule has 2 aromatic rings. The van der Waals surface area contributed by atoms with Crippen molar-refractivity contribution in [3.8, 4) is 0 Å². The molecule has 1 aliphatic carbocycles. The van der Waals surface area contributed by atoms with Crippen LogP contribution in [0, 0.1) is 0 Å². The molecule has 3 rings (SSSR count). The van der Waals surface area contributed by atoms with Crippen LogP contribution in [-0.2, 0) is 22.6 Å². The first-order valence-corrected chi connectivity index (χ1v) is 8.99. The Morgan fingerprint density at radius 2 is 1.85 bits per heavy atom. The lowest BCUT2D eigenvalue weighted by atomic mass is 9.87. The molecule has 0 fully saturated rings. The van der Waals surface area contributed by atoms with Crippen LogP contribution in [0.25, 0.3) is 0 Å². The zero-order valence-corrected chi connectivity index (χ0v) is 14.9. The molecule has 0 saturated heterocycles. The number of carbonyl (C=O) groups is 2. The highest BCUT2D eigenvalue weighted by Crippen LogP contribution is 2.29. The van der Waals surface area contributed by atoms with Gasteiger partial charge in [-0.2, -0.15) is 0 Å². The lowest BCUT2D eigenvalue weighted by Crippen LogP contribution is -2.46. The normalized spacial score (nSPS) is 16.9. The van der Waals surface area contributed by atoms with E-state index in [9.17, 15) is 9.59 Å². The largest absolute Gasteiger partial charge is 0.445 e. The van der Waals surface area contributed by atoms with Gasteiger partial charge >= 0.3 is 6.09 Å². The quantitative estimate of drug-likeness (QED) is 0.865. The molecule has 0 bridgehead atoms. The van der Waals surface area contributed by atoms with Crippen molar-refractivity contribution in [2.75, 3.05) is 0 Å². The van der Waals surface area contributed by atoms with Gasteiger partial charge in [0.1, 0.15) is 12.6 Å². The highest BCUT2D eigenvalue weighted by atomic mass is 16.5. The number of hydrogen-bond acceptors (Lipinski definition) is 3. The Morgan fingerprint density at radius 3 is 2.65 bits per heavy atom. The van der Waals surface area contributed by atoms with Crippen LogP contribution in [0.4, 0.5) is 4.79 Å². The molecule has 26 heavy (non-hydrogen) atoms. The van der Waals surface area contributed by atoms with E-state index in [1.807, 2.05) is 42.5 Å². The summed E-state index contributed by atoms with van der Waals surface area (Å²) in [6.07, 6.45) is 2.40. The van der Waals surface area contributed by atoms with Crippen LogP contribution in [0.2, 0.25) is 0 Å². The minimum Gasteiger partial charge on any atom is -0.445 e. The topological polar surface area (TPSA) is 67.4 Å². The Balaban J connectivity index is 1.50. The van der Waals surface area contributed by atoms with Gasteiger partial charge < -0.3 is 15.4 Å². The summed E-state index contributed by atoms with van der Waals surface area (Å²) in [4.78, 5) is 24.4. The molecule has 5 heteroatoms. The van der Waals surface area contributed by atoms with Crippen LogP contribution in [0.5, 0.6) is 0 Å². The summed E-state index contributed by atoms with van der Waals surface area (Å²) in [5.74, 6) is -0.205. The maximum atomic E-state index is 12.4. The first-order chi connectivity index (χ1) is 12.6. The van der Waals surface area contributed by atoms with Gasteiger partial charge in [0.05, 0.1) is 6.04 Å². The summed E-state index contributed by atoms with van der Waals surface area (Å²) in [5.41, 5.74) is 3.36. The number of carbonyl (C=O) groups excluding carboxylic acids is 2. The second-order valence-corrected chi connectivity index (χ2v) is 6.58. The van der Waals surface area contributed by atoms with Gasteiger partial charge in [-0.05, 0) is 42.9 Å². The summed E-state index contributed by atoms with van der Waals surface area (Å²) < 4.78 is 5.17. The molecule has 136 valence electrons. The van der Waals surface area contributed by atoms with E-state index in [4.69, 9.17) is 4.74 Å². The van der Waals surface area contributed by atoms with Crippen molar-refractivity contribution in [1.82, 2.24) is 10.6 Å². The van der Waals surface area contributed by atoms with E-state index in [0.717, 1.165) is 24.8 Å². The van der Waals surface area contributed by atoms with E-state index in [1.165, 1.54) is 11.1 Å². The molecule has 1 unspecified atom stereocenters. The van der Waals surface area contributed by atoms with E-state index in [-0.39, 0.29) is 18.6 Å². The number of hydrogen-bond donors (Lipinski definition) is 2. The summed E-state index contributed by atoms with van der Waals surface area (Å²) in [6, 6.07) is 16.9. The SMILES string of the molecule is C[C@H](NC(=O)OCc1ccccc1)C(=O)NC1CCCc2ccccc21. The Morgan fingerprint density at radius 1 is 1.12 bits per heavy atom. The van der Waals surface area contributed by atoms with Crippen LogP contribution in [0.15, 0.2) is 54.6 Å². The first-order valence-electron chi connectivity index (χ1n) is 8.99. The lowest BCUT2D eigenvalue weighted by Gasteiger charge is -2.27. The second kappa shape index (κ2) is 8.52. The Labute approximate surface area is 153 Å². The summed E-state index contributed by atoms with van der Waals surface area (Å²) in [7, 11) is 0. The Bertz CT molecular complexity index is 761. The zero-order valence-electron chi connectivity index (χ0n) is 14.9. The molecule has 0 aromatic heterocycles. The number of rotatable bonds is 5. The molecule has 0 aliphatic heterocycles. The molecule has 2 N–H and O–H groups in total. The van der Waals surface area contributed by atoms with Gasteiger partial charge in [0.15, 0.2) is 0 Å². The Hall–Kier alpha value is -2.82. The fraction of sp³-hybridized carbons (Fsp3) is 0.333. The fourth-order valence-corrected chi connectivity index (χ4v) is 3.21. The predicted octanol–water partition coefficient (Wildman–Crippen LogP) is 3.50. The number of nitrogens with one attached hydrogen (secondary N) is 2. The molecule has 2 atom stereocenters. The van der Waals surface area contributed by atoms with E-state index >= 15 is 0 Å². The average molecular weight is 352 g/mol. The maximum Gasteiger partial charge on any atom is 0.408 e. The molecule has 0 radical (unpaired) electrons. The zero-order chi connectivity index (χ0) is 18.4. The molecule has 2 amide bonds. The molecular weight excluding hydrogens is 328 g/mol. The highest BCUT2D eigenvalue weighted by molar-refractivity contribution is 5.85. The van der Waals surface area contributed by atoms with Gasteiger partial charge in [0.2, 0.25) is 5.91 Å². The van der Waals surface area contributed by atoms with Crippen LogP contribution < -0.4 is 10.6 Å². The standard InChI is InChI=1S/C21H24N2O3/c1-15(22-21(25)26-14-16-8-3-2-4-9-16)20(24)23-19-13-7-11-17-10-5-6-12-18(17)19/h2-6,8-10,12,15,19H,7,11,13-14H2,1H3,(H,22,25)(H,23,24)/t15-,19?/m0/s1. The molecule has 0 saturated carbocycles. The molecule has 5 nitrogen and oxygen atoms in total. The number of aryl methyl sites for hydroxylation is 1. The van der Waals surface area contributed by atoms with Crippen molar-refractivity contribution in [3.05, 3.63) is 71.3 Å². The molecule has 1 aliphatic rings. The van der Waals surface area contributed by atoms with Gasteiger partial charge in [-0.15, -0.1) is 0 Å². The van der Waals surface area contributed by atoms with Crippen molar-refractivity contribution in [2.45, 2.75) is 44.9 Å². The fourth-order valence-electron chi connectivity index (χ4n) is 3.21. The van der Waals surface area contributed by atoms with Crippen molar-refractivity contribution < 1.29 is 14.3 Å². The third kappa shape index (κ3) is 4.63. The predicted molar refractivity (Wildman–Crippen MR) is 99.5 cm³/mol. The van der Waals surface area contributed by atoms with Gasteiger partial charge in [0.25, 0.3) is 0 Å². The third-order valence-electron chi connectivity index (χ3n) is 4.63. The van der Waals surface area contributed by atoms with E-state index in [0.29, 0.717) is 0 Å². The molecule has 0 spiro atoms. The van der Waals surface area contributed by atoms with Crippen molar-refractivity contribution >= 4 is 12.0 Å². The molecule has 2 aromatic carbocycles. The Kier molecular flexibility index (Phi) is 5.89. The third-order valence-corrected chi connectivity index (χ3v) is 4.63. The minimum atomic E-state index is -0.660. The summed E-state index contributed by atoms with van der Waals surface area (Å²) in [6.45, 7) is 1.84. The van der Waals surface area contributed by atoms with E-state index in [1.54, 1.807) is 6.92 Å². The number of amides is 2. The van der Waals surface area contributed by atoms with Crippen LogP contribution in [0.3, 0.4) is 0 Å². The lowest BCUT2D eigenvalue weighted by molar-refractivity contribution is -0.123. The van der Waals surface area contributed by atoms with Crippen LogP contribution >= 0.6 is 0 Å². The van der Waals surface area contributed by atoms with Crippen molar-refractivity contribution in [1.29, 1.82) is 0 Å². The minimum absolute atomic E-state index is 0.00274. The van der Waals surface area contributed by atoms with Crippen LogP contribution in [-0.4, -0.2) is 18.0 Å². The summed E-state index contributed by atoms with van der Waals surface area (Å²) in [5, 5.41) is 5.64. The smallest absolute Gasteiger partial charge is 0.408 e. The van der Waals surface area contributed by atoms with E-state index < -0.39 is 12.1 Å². The number of alkyl carbamates (subject to hydrolysis) is 1. The first kappa shape index (κ1) is 18.0. The molecule has 0 heterocycles. The number of fused-ring (bicyclic) bond motifs is 1. The van der Waals surface area contributed by atoms with Gasteiger partial charge in [-0.1, -0.05) is 54.6 Å².